The molecular weight excluding hydrogens is 153 g/mol. The van der Waals surface area contributed by atoms with E-state index in [1.54, 1.807) is 0 Å². The number of carboxylic acid groups (broad SMARTS) is 1. The van der Waals surface area contributed by atoms with E-state index in [4.69, 9.17) is 10.8 Å². The molecule has 3 N–H and O–H groups in total. The van der Waals surface area contributed by atoms with Crippen LogP contribution in [-0.2, 0) is 9.36 Å². The summed E-state index contributed by atoms with van der Waals surface area (Å²) in [5.41, 5.74) is 5.24. The summed E-state index contributed by atoms with van der Waals surface area (Å²) >= 11 is 0. The molecule has 0 fully saturated rings. The van der Waals surface area contributed by atoms with Gasteiger partial charge in [-0.3, -0.25) is 9.36 Å². The Morgan fingerprint density at radius 1 is 1.70 bits per heavy atom. The van der Waals surface area contributed by atoms with Crippen LogP contribution >= 0.6 is 8.46 Å². The molecule has 0 bridgehead atoms. The van der Waals surface area contributed by atoms with Crippen molar-refractivity contribution >= 4 is 14.4 Å². The zero-order valence-corrected chi connectivity index (χ0v) is 6.38. The van der Waals surface area contributed by atoms with Crippen molar-refractivity contribution in [1.82, 2.24) is 0 Å². The third kappa shape index (κ3) is 5.66. The molecule has 0 saturated heterocycles. The predicted molar refractivity (Wildman–Crippen MR) is 37.1 cm³/mol. The molecule has 1 atom stereocenters. The highest BCUT2D eigenvalue weighted by Crippen LogP contribution is 2.07. The summed E-state index contributed by atoms with van der Waals surface area (Å²) in [5, 5.41) is 8.18. The molecule has 0 aromatic carbocycles. The molecule has 0 aliphatic rings. The van der Waals surface area contributed by atoms with E-state index in [9.17, 15) is 9.36 Å². The smallest absolute Gasteiger partial charge is 0.303 e. The van der Waals surface area contributed by atoms with Gasteiger partial charge in [-0.25, -0.2) is 0 Å². The molecule has 0 aliphatic heterocycles. The van der Waals surface area contributed by atoms with Gasteiger partial charge in [0.05, 0.1) is 5.78 Å². The number of hydrogen-bond acceptors (Lipinski definition) is 3. The molecule has 0 aromatic heterocycles. The first-order chi connectivity index (χ1) is 4.66. The van der Waals surface area contributed by atoms with Gasteiger partial charge in [0.2, 0.25) is 0 Å². The third-order valence-electron chi connectivity index (χ3n) is 1.03. The Morgan fingerprint density at radius 2 is 2.30 bits per heavy atom. The van der Waals surface area contributed by atoms with Crippen molar-refractivity contribution in [3.05, 3.63) is 0 Å². The minimum Gasteiger partial charge on any atom is -0.481 e. The van der Waals surface area contributed by atoms with E-state index in [2.05, 4.69) is 0 Å². The van der Waals surface area contributed by atoms with E-state index in [0.717, 1.165) is 0 Å². The molecular formula is C5H10NO3P. The van der Waals surface area contributed by atoms with Crippen LogP contribution in [0.3, 0.4) is 0 Å². The summed E-state index contributed by atoms with van der Waals surface area (Å²) in [6.45, 7) is 0. The van der Waals surface area contributed by atoms with Gasteiger partial charge in [0.25, 0.3) is 0 Å². The van der Waals surface area contributed by atoms with Crippen LogP contribution in [0.5, 0.6) is 0 Å². The molecule has 0 amide bonds. The lowest BCUT2D eigenvalue weighted by Gasteiger charge is -1.98. The van der Waals surface area contributed by atoms with Crippen molar-refractivity contribution in [2.24, 2.45) is 5.73 Å². The SMILES string of the molecule is NC(CCCC(=O)O)P=O. The molecule has 10 heavy (non-hydrogen) atoms. The van der Waals surface area contributed by atoms with Gasteiger partial charge in [-0.2, -0.15) is 0 Å². The molecule has 58 valence electrons. The fraction of sp³-hybridized carbons (Fsp3) is 0.800. The summed E-state index contributed by atoms with van der Waals surface area (Å²) in [6, 6.07) is 0. The Bertz CT molecular complexity index is 128. The van der Waals surface area contributed by atoms with E-state index < -0.39 is 11.8 Å². The lowest BCUT2D eigenvalue weighted by molar-refractivity contribution is -0.137. The summed E-state index contributed by atoms with van der Waals surface area (Å²) in [5.74, 6) is -1.24. The van der Waals surface area contributed by atoms with Gasteiger partial charge in [0, 0.05) is 6.42 Å². The maximum atomic E-state index is 10.0. The summed E-state index contributed by atoms with van der Waals surface area (Å²) in [6.07, 6.45) is 1.09. The number of aliphatic carboxylic acids is 1. The number of rotatable bonds is 5. The molecule has 0 heterocycles. The topological polar surface area (TPSA) is 80.4 Å². The summed E-state index contributed by atoms with van der Waals surface area (Å²) < 4.78 is 10.0. The van der Waals surface area contributed by atoms with Crippen molar-refractivity contribution in [2.75, 3.05) is 0 Å². The van der Waals surface area contributed by atoms with E-state index in [-0.39, 0.29) is 14.9 Å². The van der Waals surface area contributed by atoms with Gasteiger partial charge in [-0.15, -0.1) is 0 Å². The van der Waals surface area contributed by atoms with Crippen molar-refractivity contribution in [1.29, 1.82) is 0 Å². The monoisotopic (exact) mass is 163 g/mol. The number of nitrogens with two attached hydrogens (primary N) is 1. The quantitative estimate of drug-likeness (QED) is 0.588. The van der Waals surface area contributed by atoms with Crippen LogP contribution < -0.4 is 5.73 Å². The van der Waals surface area contributed by atoms with Crippen molar-refractivity contribution in [3.8, 4) is 0 Å². The van der Waals surface area contributed by atoms with Crippen LogP contribution in [0.2, 0.25) is 0 Å². The molecule has 0 aliphatic carbocycles. The van der Waals surface area contributed by atoms with Crippen molar-refractivity contribution in [2.45, 2.75) is 25.0 Å². The highest BCUT2D eigenvalue weighted by molar-refractivity contribution is 7.24. The lowest BCUT2D eigenvalue weighted by atomic mass is 10.2. The molecule has 5 heteroatoms. The number of carboxylic acids is 1. The molecule has 0 spiro atoms. The van der Waals surface area contributed by atoms with E-state index in [1.165, 1.54) is 0 Å². The molecule has 1 unspecified atom stereocenters. The van der Waals surface area contributed by atoms with E-state index in [0.29, 0.717) is 12.8 Å². The van der Waals surface area contributed by atoms with Gasteiger partial charge < -0.3 is 10.8 Å². The molecule has 0 radical (unpaired) electrons. The minimum absolute atomic E-state index is 0.100. The third-order valence-corrected chi connectivity index (χ3v) is 1.55. The van der Waals surface area contributed by atoms with E-state index >= 15 is 0 Å². The second-order valence-electron chi connectivity index (χ2n) is 1.96. The number of carbonyl (C=O) groups is 1. The van der Waals surface area contributed by atoms with Gasteiger partial charge in [-0.05, 0) is 12.8 Å². The fourth-order valence-electron chi connectivity index (χ4n) is 0.515. The second kappa shape index (κ2) is 5.33. The standard InChI is InChI=1S/C5H10NO3P/c6-4(10-9)2-1-3-5(7)8/h4H,1-3,6H2,(H,7,8). The highest BCUT2D eigenvalue weighted by Gasteiger charge is 2.02. The van der Waals surface area contributed by atoms with Gasteiger partial charge in [0.15, 0.2) is 8.46 Å². The fourth-order valence-corrected chi connectivity index (χ4v) is 0.803. The zero-order valence-electron chi connectivity index (χ0n) is 5.49. The zero-order chi connectivity index (χ0) is 7.98. The second-order valence-corrected chi connectivity index (χ2v) is 2.83. The van der Waals surface area contributed by atoms with Gasteiger partial charge >= 0.3 is 5.97 Å². The largest absolute Gasteiger partial charge is 0.481 e. The Kier molecular flexibility index (Phi) is 5.08. The van der Waals surface area contributed by atoms with Crippen LogP contribution in [-0.4, -0.2) is 16.9 Å². The Balaban J connectivity index is 3.19. The Labute approximate surface area is 60.6 Å². The van der Waals surface area contributed by atoms with E-state index in [1.807, 2.05) is 0 Å². The highest BCUT2D eigenvalue weighted by atomic mass is 31.1. The summed E-state index contributed by atoms with van der Waals surface area (Å²) in [7, 11) is -0.109. The first kappa shape index (κ1) is 9.53. The van der Waals surface area contributed by atoms with Crippen LogP contribution in [0.4, 0.5) is 0 Å². The molecule has 0 saturated carbocycles. The molecule has 0 aromatic rings. The Hall–Kier alpha value is -0.470. The molecule has 0 rings (SSSR count). The summed E-state index contributed by atoms with van der Waals surface area (Å²) in [4.78, 5) is 9.95. The first-order valence-electron chi connectivity index (χ1n) is 2.96. The maximum absolute atomic E-state index is 10.0. The average Bonchev–Trinajstić information content (AvgIpc) is 1.87. The van der Waals surface area contributed by atoms with Gasteiger partial charge in [0.1, 0.15) is 0 Å². The van der Waals surface area contributed by atoms with Gasteiger partial charge in [-0.1, -0.05) is 0 Å². The van der Waals surface area contributed by atoms with Crippen LogP contribution in [0, 0.1) is 0 Å². The minimum atomic E-state index is -0.838. The molecule has 4 nitrogen and oxygen atoms in total. The van der Waals surface area contributed by atoms with Crippen LogP contribution in [0.1, 0.15) is 19.3 Å². The predicted octanol–water partition coefficient (Wildman–Crippen LogP) is 0.818. The first-order valence-corrected chi connectivity index (χ1v) is 3.85. The average molecular weight is 163 g/mol. The van der Waals surface area contributed by atoms with Crippen LogP contribution in [0.25, 0.3) is 0 Å². The normalized spacial score (nSPS) is 13.3. The number of hydrogen-bond donors (Lipinski definition) is 2. The van der Waals surface area contributed by atoms with Crippen molar-refractivity contribution in [3.63, 3.8) is 0 Å². The van der Waals surface area contributed by atoms with Crippen LogP contribution in [0.15, 0.2) is 0 Å². The van der Waals surface area contributed by atoms with Crippen molar-refractivity contribution < 1.29 is 14.5 Å². The lowest BCUT2D eigenvalue weighted by Crippen LogP contribution is -2.11. The Morgan fingerprint density at radius 3 is 2.70 bits per heavy atom. The maximum Gasteiger partial charge on any atom is 0.303 e.